The Morgan fingerprint density at radius 1 is 1.08 bits per heavy atom. The van der Waals surface area contributed by atoms with E-state index in [1.54, 1.807) is 12.1 Å². The standard InChI is InChI=1S/C20H23NO4S/c22-20(21-19-12-6-8-16-7-4-5-11-18(16)19)15-26(23,24)14-13-25-17-9-2-1-3-10-17/h1-5,7,9-11,19H,6,8,12-15H2,(H,21,22)/t19-/m1/s1. The first-order valence-corrected chi connectivity index (χ1v) is 10.6. The van der Waals surface area contributed by atoms with Crippen LogP contribution in [0.3, 0.4) is 0 Å². The van der Waals surface area contributed by atoms with Crippen LogP contribution in [0.4, 0.5) is 0 Å². The summed E-state index contributed by atoms with van der Waals surface area (Å²) in [5, 5.41) is 2.88. The summed E-state index contributed by atoms with van der Waals surface area (Å²) in [5.74, 6) is -0.530. The number of benzene rings is 2. The van der Waals surface area contributed by atoms with Gasteiger partial charge in [-0.25, -0.2) is 8.42 Å². The number of amides is 1. The van der Waals surface area contributed by atoms with Gasteiger partial charge < -0.3 is 10.1 Å². The molecule has 1 aliphatic carbocycles. The number of carbonyl (C=O) groups excluding carboxylic acids is 1. The van der Waals surface area contributed by atoms with Gasteiger partial charge in [0.2, 0.25) is 5.91 Å². The Morgan fingerprint density at radius 3 is 2.62 bits per heavy atom. The minimum Gasteiger partial charge on any atom is -0.493 e. The zero-order valence-corrected chi connectivity index (χ0v) is 15.4. The van der Waals surface area contributed by atoms with Gasteiger partial charge in [-0.3, -0.25) is 4.79 Å². The minimum absolute atomic E-state index is 0.0336. The molecule has 0 radical (unpaired) electrons. The lowest BCUT2D eigenvalue weighted by molar-refractivity contribution is -0.119. The van der Waals surface area contributed by atoms with Crippen LogP contribution in [-0.4, -0.2) is 32.4 Å². The van der Waals surface area contributed by atoms with Gasteiger partial charge in [-0.05, 0) is 42.5 Å². The molecule has 0 bridgehead atoms. The first-order valence-electron chi connectivity index (χ1n) is 8.79. The second-order valence-electron chi connectivity index (χ2n) is 6.46. The summed E-state index contributed by atoms with van der Waals surface area (Å²) in [4.78, 5) is 12.2. The molecule has 0 unspecified atom stereocenters. The maximum atomic E-state index is 12.2. The Balaban J connectivity index is 1.51. The molecule has 0 saturated carbocycles. The fourth-order valence-corrected chi connectivity index (χ4v) is 4.18. The van der Waals surface area contributed by atoms with E-state index in [1.807, 2.05) is 36.4 Å². The van der Waals surface area contributed by atoms with Gasteiger partial charge in [-0.1, -0.05) is 42.5 Å². The predicted octanol–water partition coefficient (Wildman–Crippen LogP) is 2.67. The molecule has 1 aliphatic rings. The first kappa shape index (κ1) is 18.5. The molecule has 5 nitrogen and oxygen atoms in total. The van der Waals surface area contributed by atoms with Crippen molar-refractivity contribution in [3.63, 3.8) is 0 Å². The van der Waals surface area contributed by atoms with Crippen molar-refractivity contribution >= 4 is 15.7 Å². The minimum atomic E-state index is -3.52. The van der Waals surface area contributed by atoms with Crippen LogP contribution in [-0.2, 0) is 21.1 Å². The molecule has 2 aromatic rings. The van der Waals surface area contributed by atoms with Gasteiger partial charge >= 0.3 is 0 Å². The molecular weight excluding hydrogens is 350 g/mol. The lowest BCUT2D eigenvalue weighted by Gasteiger charge is -2.26. The van der Waals surface area contributed by atoms with Gasteiger partial charge in [0.1, 0.15) is 18.1 Å². The van der Waals surface area contributed by atoms with Crippen molar-refractivity contribution in [1.29, 1.82) is 0 Å². The molecule has 0 fully saturated rings. The second kappa shape index (κ2) is 8.36. The van der Waals surface area contributed by atoms with E-state index in [0.29, 0.717) is 5.75 Å². The van der Waals surface area contributed by atoms with Gasteiger partial charge in [0.25, 0.3) is 0 Å². The number of fused-ring (bicyclic) bond motifs is 1. The number of rotatable bonds is 7. The van der Waals surface area contributed by atoms with Gasteiger partial charge in [0.05, 0.1) is 11.8 Å². The molecule has 1 N–H and O–H groups in total. The maximum absolute atomic E-state index is 12.2. The van der Waals surface area contributed by atoms with Crippen LogP contribution < -0.4 is 10.1 Å². The van der Waals surface area contributed by atoms with Crippen LogP contribution in [0.15, 0.2) is 54.6 Å². The number of aryl methyl sites for hydroxylation is 1. The van der Waals surface area contributed by atoms with E-state index in [9.17, 15) is 13.2 Å². The van der Waals surface area contributed by atoms with Crippen molar-refractivity contribution in [3.05, 3.63) is 65.7 Å². The molecule has 0 saturated heterocycles. The van der Waals surface area contributed by atoms with Crippen molar-refractivity contribution in [3.8, 4) is 5.75 Å². The number of ether oxygens (including phenoxy) is 1. The number of nitrogens with one attached hydrogen (secondary N) is 1. The molecular formula is C20H23NO4S. The van der Waals surface area contributed by atoms with Gasteiger partial charge in [0, 0.05) is 0 Å². The highest BCUT2D eigenvalue weighted by Gasteiger charge is 2.24. The van der Waals surface area contributed by atoms with Crippen LogP contribution in [0.25, 0.3) is 0 Å². The predicted molar refractivity (Wildman–Crippen MR) is 101 cm³/mol. The summed E-state index contributed by atoms with van der Waals surface area (Å²) < 4.78 is 29.8. The average Bonchev–Trinajstić information content (AvgIpc) is 2.62. The summed E-state index contributed by atoms with van der Waals surface area (Å²) in [5.41, 5.74) is 2.32. The number of carbonyl (C=O) groups is 1. The molecule has 138 valence electrons. The van der Waals surface area contributed by atoms with Crippen molar-refractivity contribution in [2.24, 2.45) is 0 Å². The third kappa shape index (κ3) is 5.08. The summed E-state index contributed by atoms with van der Waals surface area (Å²) in [6.45, 7) is 0.0336. The number of sulfone groups is 1. The third-order valence-electron chi connectivity index (χ3n) is 4.46. The van der Waals surface area contributed by atoms with E-state index in [0.717, 1.165) is 24.8 Å². The molecule has 0 aromatic heterocycles. The van der Waals surface area contributed by atoms with Crippen LogP contribution in [0.2, 0.25) is 0 Å². The summed E-state index contributed by atoms with van der Waals surface area (Å²) in [6.07, 6.45) is 2.82. The lowest BCUT2D eigenvalue weighted by Crippen LogP contribution is -2.36. The normalized spacial score (nSPS) is 16.5. The van der Waals surface area contributed by atoms with Crippen LogP contribution in [0.5, 0.6) is 5.75 Å². The van der Waals surface area contributed by atoms with Crippen molar-refractivity contribution in [1.82, 2.24) is 5.32 Å². The molecule has 2 aromatic carbocycles. The van der Waals surface area contributed by atoms with Crippen molar-refractivity contribution in [2.75, 3.05) is 18.1 Å². The Labute approximate surface area is 154 Å². The Bertz CT molecular complexity index is 849. The highest BCUT2D eigenvalue weighted by atomic mass is 32.2. The fraction of sp³-hybridized carbons (Fsp3) is 0.350. The summed E-state index contributed by atoms with van der Waals surface area (Å²) >= 11 is 0. The monoisotopic (exact) mass is 373 g/mol. The van der Waals surface area contributed by atoms with E-state index in [2.05, 4.69) is 11.4 Å². The van der Waals surface area contributed by atoms with Crippen LogP contribution in [0.1, 0.15) is 30.0 Å². The van der Waals surface area contributed by atoms with Crippen LogP contribution in [0, 0.1) is 0 Å². The Morgan fingerprint density at radius 2 is 1.81 bits per heavy atom. The van der Waals surface area contributed by atoms with E-state index >= 15 is 0 Å². The van der Waals surface area contributed by atoms with E-state index < -0.39 is 21.5 Å². The highest BCUT2D eigenvalue weighted by Crippen LogP contribution is 2.29. The Kier molecular flexibility index (Phi) is 5.93. The smallest absolute Gasteiger partial charge is 0.235 e. The quantitative estimate of drug-likeness (QED) is 0.810. The molecule has 6 heteroatoms. The van der Waals surface area contributed by atoms with Crippen molar-refractivity contribution < 1.29 is 17.9 Å². The van der Waals surface area contributed by atoms with Gasteiger partial charge in [-0.15, -0.1) is 0 Å². The molecule has 1 atom stereocenters. The highest BCUT2D eigenvalue weighted by molar-refractivity contribution is 7.92. The topological polar surface area (TPSA) is 72.5 Å². The van der Waals surface area contributed by atoms with E-state index in [-0.39, 0.29) is 18.4 Å². The third-order valence-corrected chi connectivity index (χ3v) is 5.95. The summed E-state index contributed by atoms with van der Waals surface area (Å²) in [6, 6.07) is 16.9. The van der Waals surface area contributed by atoms with Gasteiger partial charge in [0.15, 0.2) is 9.84 Å². The zero-order chi connectivity index (χ0) is 18.4. The molecule has 0 spiro atoms. The number of para-hydroxylation sites is 1. The zero-order valence-electron chi connectivity index (χ0n) is 14.6. The second-order valence-corrected chi connectivity index (χ2v) is 8.65. The van der Waals surface area contributed by atoms with Gasteiger partial charge in [-0.2, -0.15) is 0 Å². The molecule has 0 heterocycles. The molecule has 3 rings (SSSR count). The number of hydrogen-bond acceptors (Lipinski definition) is 4. The number of hydrogen-bond donors (Lipinski definition) is 1. The first-order chi connectivity index (χ1) is 12.5. The Hall–Kier alpha value is -2.34. The SMILES string of the molecule is O=C(CS(=O)(=O)CCOc1ccccc1)N[C@@H]1CCCc2ccccc21. The molecule has 26 heavy (non-hydrogen) atoms. The lowest BCUT2D eigenvalue weighted by atomic mass is 9.88. The fourth-order valence-electron chi connectivity index (χ4n) is 3.21. The largest absolute Gasteiger partial charge is 0.493 e. The van der Waals surface area contributed by atoms with Crippen LogP contribution >= 0.6 is 0 Å². The van der Waals surface area contributed by atoms with E-state index in [1.165, 1.54) is 5.56 Å². The van der Waals surface area contributed by atoms with Crippen molar-refractivity contribution in [2.45, 2.75) is 25.3 Å². The maximum Gasteiger partial charge on any atom is 0.235 e. The van der Waals surface area contributed by atoms with E-state index in [4.69, 9.17) is 4.74 Å². The summed E-state index contributed by atoms with van der Waals surface area (Å²) in [7, 11) is -3.52. The molecule has 0 aliphatic heterocycles. The molecule has 1 amide bonds. The average molecular weight is 373 g/mol.